The van der Waals surface area contributed by atoms with Crippen LogP contribution in [0.5, 0.6) is 0 Å². The lowest BCUT2D eigenvalue weighted by molar-refractivity contribution is 0.282. The fourth-order valence-corrected chi connectivity index (χ4v) is 19.5. The fourth-order valence-electron chi connectivity index (χ4n) is 5.25. The Bertz CT molecular complexity index is 433. The van der Waals surface area contributed by atoms with Gasteiger partial charge in [-0.15, -0.1) is 0 Å². The Morgan fingerprint density at radius 3 is 0.857 bits per heavy atom. The van der Waals surface area contributed by atoms with Crippen LogP contribution in [-0.4, -0.2) is 48.6 Å². The van der Waals surface area contributed by atoms with Crippen molar-refractivity contribution in [3.63, 3.8) is 0 Å². The third-order valence-corrected chi connectivity index (χ3v) is 18.4. The minimum absolute atomic E-state index is 0.348. The van der Waals surface area contributed by atoms with E-state index in [-0.39, 0.29) is 0 Å². The Balaban J connectivity index is 3.95. The Labute approximate surface area is 223 Å². The van der Waals surface area contributed by atoms with E-state index >= 15 is 0 Å². The van der Waals surface area contributed by atoms with Crippen LogP contribution in [0, 0.1) is 0 Å². The topological polar surface area (TPSA) is 58.9 Å². The van der Waals surface area contributed by atoms with Crippen LogP contribution in [0.1, 0.15) is 116 Å². The standard InChI is InChI=1S/C28H64O4Si3/c1-33(2,27-23-19-15-11-7-9-13-17-21-25-29)31-35(5,6)32-34(3,4)28-24-20-16-12-8-10-14-18-22-26-30/h29-30H,7-28H2,1-6H3. The van der Waals surface area contributed by atoms with Gasteiger partial charge in [0.15, 0.2) is 16.6 Å². The molecular formula is C28H64O4Si3. The second kappa shape index (κ2) is 21.4. The van der Waals surface area contributed by atoms with Crippen molar-refractivity contribution in [3.8, 4) is 0 Å². The number of hydrogen-bond acceptors (Lipinski definition) is 4. The first-order valence-electron chi connectivity index (χ1n) is 15.2. The van der Waals surface area contributed by atoms with Crippen LogP contribution in [0.3, 0.4) is 0 Å². The summed E-state index contributed by atoms with van der Waals surface area (Å²) in [7, 11) is -5.43. The lowest BCUT2D eigenvalue weighted by atomic mass is 10.1. The van der Waals surface area contributed by atoms with Crippen molar-refractivity contribution >= 4 is 25.2 Å². The molecule has 0 aliphatic carbocycles. The molecule has 7 heteroatoms. The zero-order valence-electron chi connectivity index (χ0n) is 24.8. The monoisotopic (exact) mass is 548 g/mol. The van der Waals surface area contributed by atoms with Crippen LogP contribution in [0.25, 0.3) is 0 Å². The van der Waals surface area contributed by atoms with Crippen molar-refractivity contribution in [1.29, 1.82) is 0 Å². The van der Waals surface area contributed by atoms with Crippen LogP contribution in [0.4, 0.5) is 0 Å². The van der Waals surface area contributed by atoms with Gasteiger partial charge in [0, 0.05) is 13.2 Å². The molecule has 4 nitrogen and oxygen atoms in total. The van der Waals surface area contributed by atoms with Gasteiger partial charge in [0.05, 0.1) is 0 Å². The lowest BCUT2D eigenvalue weighted by Crippen LogP contribution is -2.52. The molecule has 0 aromatic heterocycles. The summed E-state index contributed by atoms with van der Waals surface area (Å²) in [5.74, 6) is 0. The summed E-state index contributed by atoms with van der Waals surface area (Å²) in [5.41, 5.74) is 0. The molecule has 0 unspecified atom stereocenters. The van der Waals surface area contributed by atoms with E-state index in [1.165, 1.54) is 115 Å². The maximum atomic E-state index is 8.83. The van der Waals surface area contributed by atoms with Gasteiger partial charge in [-0.3, -0.25) is 0 Å². The zero-order valence-corrected chi connectivity index (χ0v) is 27.8. The van der Waals surface area contributed by atoms with Crippen molar-refractivity contribution in [2.75, 3.05) is 13.2 Å². The minimum Gasteiger partial charge on any atom is -0.437 e. The molecule has 2 N–H and O–H groups in total. The number of aliphatic hydroxyl groups is 2. The van der Waals surface area contributed by atoms with Gasteiger partial charge < -0.3 is 18.4 Å². The molecule has 0 saturated carbocycles. The molecule has 0 saturated heterocycles. The highest BCUT2D eigenvalue weighted by atomic mass is 28.5. The van der Waals surface area contributed by atoms with E-state index < -0.39 is 25.2 Å². The van der Waals surface area contributed by atoms with E-state index in [1.54, 1.807) is 0 Å². The molecule has 0 heterocycles. The summed E-state index contributed by atoms with van der Waals surface area (Å²) < 4.78 is 13.6. The average Bonchev–Trinajstić information content (AvgIpc) is 2.74. The molecule has 0 aromatic carbocycles. The van der Waals surface area contributed by atoms with Gasteiger partial charge in [0.25, 0.3) is 0 Å². The van der Waals surface area contributed by atoms with Crippen molar-refractivity contribution in [2.24, 2.45) is 0 Å². The average molecular weight is 549 g/mol. The highest BCUT2D eigenvalue weighted by molar-refractivity contribution is 6.87. The molecule has 0 aliphatic heterocycles. The summed E-state index contributed by atoms with van der Waals surface area (Å²) >= 11 is 0. The molecule has 0 bridgehead atoms. The van der Waals surface area contributed by atoms with Crippen LogP contribution in [0.2, 0.25) is 51.4 Å². The second-order valence-corrected chi connectivity index (χ2v) is 24.9. The maximum absolute atomic E-state index is 8.83. The summed E-state index contributed by atoms with van der Waals surface area (Å²) in [6.07, 6.45) is 22.9. The van der Waals surface area contributed by atoms with Gasteiger partial charge in [-0.05, 0) is 64.2 Å². The summed E-state index contributed by atoms with van der Waals surface area (Å²) in [6.45, 7) is 14.8. The maximum Gasteiger partial charge on any atom is 0.311 e. The van der Waals surface area contributed by atoms with Gasteiger partial charge in [-0.25, -0.2) is 0 Å². The predicted molar refractivity (Wildman–Crippen MR) is 162 cm³/mol. The quantitative estimate of drug-likeness (QED) is 0.0835. The second-order valence-electron chi connectivity index (χ2n) is 12.4. The van der Waals surface area contributed by atoms with Gasteiger partial charge in [0.2, 0.25) is 0 Å². The van der Waals surface area contributed by atoms with Crippen LogP contribution >= 0.6 is 0 Å². The summed E-state index contributed by atoms with van der Waals surface area (Å²) in [6, 6.07) is 2.51. The lowest BCUT2D eigenvalue weighted by Gasteiger charge is -2.39. The summed E-state index contributed by atoms with van der Waals surface area (Å²) in [4.78, 5) is 0. The van der Waals surface area contributed by atoms with Crippen molar-refractivity contribution in [3.05, 3.63) is 0 Å². The third-order valence-electron chi connectivity index (χ3n) is 6.92. The fraction of sp³-hybridized carbons (Fsp3) is 1.00. The number of hydrogen-bond donors (Lipinski definition) is 2. The van der Waals surface area contributed by atoms with Gasteiger partial charge in [0.1, 0.15) is 0 Å². The van der Waals surface area contributed by atoms with E-state index in [2.05, 4.69) is 39.3 Å². The van der Waals surface area contributed by atoms with Gasteiger partial charge >= 0.3 is 8.56 Å². The zero-order chi connectivity index (χ0) is 26.5. The van der Waals surface area contributed by atoms with E-state index in [0.717, 1.165) is 12.8 Å². The van der Waals surface area contributed by atoms with Crippen LogP contribution < -0.4 is 0 Å². The highest BCUT2D eigenvalue weighted by Gasteiger charge is 2.39. The number of aliphatic hydroxyl groups excluding tert-OH is 2. The smallest absolute Gasteiger partial charge is 0.311 e. The van der Waals surface area contributed by atoms with Crippen LogP contribution in [0.15, 0.2) is 0 Å². The third kappa shape index (κ3) is 24.6. The first kappa shape index (κ1) is 35.5. The molecule has 0 rings (SSSR count). The Morgan fingerprint density at radius 1 is 0.371 bits per heavy atom. The Morgan fingerprint density at radius 2 is 0.600 bits per heavy atom. The molecule has 35 heavy (non-hydrogen) atoms. The molecule has 212 valence electrons. The first-order chi connectivity index (χ1) is 16.5. The number of unbranched alkanes of at least 4 members (excludes halogenated alkanes) is 16. The van der Waals surface area contributed by atoms with E-state index in [0.29, 0.717) is 13.2 Å². The molecule has 0 radical (unpaired) electrons. The van der Waals surface area contributed by atoms with Crippen molar-refractivity contribution in [2.45, 2.75) is 167 Å². The molecule has 0 amide bonds. The molecule has 0 aromatic rings. The molecule has 0 spiro atoms. The largest absolute Gasteiger partial charge is 0.437 e. The highest BCUT2D eigenvalue weighted by Crippen LogP contribution is 2.27. The molecule has 0 fully saturated rings. The summed E-state index contributed by atoms with van der Waals surface area (Å²) in [5, 5.41) is 17.7. The first-order valence-corrected chi connectivity index (χ1v) is 24.2. The SMILES string of the molecule is C[Si](C)(CCCCCCCCCCCO)O[Si](C)(C)O[Si](C)(C)CCCCCCCCCCCO. The van der Waals surface area contributed by atoms with E-state index in [4.69, 9.17) is 18.4 Å². The van der Waals surface area contributed by atoms with Gasteiger partial charge in [-0.2, -0.15) is 0 Å². The van der Waals surface area contributed by atoms with Crippen molar-refractivity contribution in [1.82, 2.24) is 0 Å². The Hall–Kier alpha value is 0.491. The van der Waals surface area contributed by atoms with Gasteiger partial charge in [-0.1, -0.05) is 103 Å². The number of rotatable bonds is 26. The molecule has 0 aliphatic rings. The molecule has 0 atom stereocenters. The van der Waals surface area contributed by atoms with E-state index in [1.807, 2.05) is 0 Å². The minimum atomic E-state index is -2.08. The molecular weight excluding hydrogens is 485 g/mol. The Kier molecular flexibility index (Phi) is 21.7. The van der Waals surface area contributed by atoms with Crippen LogP contribution in [-0.2, 0) is 8.23 Å². The van der Waals surface area contributed by atoms with E-state index in [9.17, 15) is 0 Å². The predicted octanol–water partition coefficient (Wildman–Crippen LogP) is 9.14. The van der Waals surface area contributed by atoms with Crippen molar-refractivity contribution < 1.29 is 18.4 Å². The normalized spacial score (nSPS) is 13.0.